The van der Waals surface area contributed by atoms with Crippen molar-refractivity contribution in [2.45, 2.75) is 32.1 Å². The van der Waals surface area contributed by atoms with E-state index >= 15 is 0 Å². The number of para-hydroxylation sites is 2. The highest BCUT2D eigenvalue weighted by Gasteiger charge is 2.24. The minimum absolute atomic E-state index is 0.0752. The molecule has 1 saturated heterocycles. The highest BCUT2D eigenvalue weighted by molar-refractivity contribution is 5.98. The van der Waals surface area contributed by atoms with Gasteiger partial charge in [-0.2, -0.15) is 0 Å². The van der Waals surface area contributed by atoms with E-state index in [0.29, 0.717) is 44.2 Å². The SMILES string of the molecule is O=C(CN1CCCCCOc2ccccc2Oc2ncccc2C1=O)NCCN1CCCC1=O. The maximum absolute atomic E-state index is 13.5. The number of likely N-dealkylation sites (tertiary alicyclic amines) is 1. The Bertz CT molecular complexity index is 1030. The van der Waals surface area contributed by atoms with Crippen molar-refractivity contribution in [3.05, 3.63) is 48.2 Å². The number of benzene rings is 1. The van der Waals surface area contributed by atoms with Gasteiger partial charge in [0.2, 0.25) is 17.7 Å². The Kier molecular flexibility index (Phi) is 7.95. The summed E-state index contributed by atoms with van der Waals surface area (Å²) in [5.74, 6) is 0.794. The largest absolute Gasteiger partial charge is 0.490 e. The number of amides is 3. The van der Waals surface area contributed by atoms with E-state index in [2.05, 4.69) is 10.3 Å². The van der Waals surface area contributed by atoms with Crippen molar-refractivity contribution in [2.24, 2.45) is 0 Å². The molecule has 34 heavy (non-hydrogen) atoms. The van der Waals surface area contributed by atoms with Crippen LogP contribution in [0.5, 0.6) is 17.4 Å². The van der Waals surface area contributed by atoms with Gasteiger partial charge in [-0.05, 0) is 49.9 Å². The summed E-state index contributed by atoms with van der Waals surface area (Å²) in [6, 6.07) is 10.6. The molecule has 1 fully saturated rings. The van der Waals surface area contributed by atoms with Crippen LogP contribution >= 0.6 is 0 Å². The minimum atomic E-state index is -0.314. The molecule has 0 atom stereocenters. The van der Waals surface area contributed by atoms with Gasteiger partial charge in [-0.25, -0.2) is 4.98 Å². The number of carbonyl (C=O) groups is 3. The van der Waals surface area contributed by atoms with Crippen molar-refractivity contribution in [1.82, 2.24) is 20.1 Å². The van der Waals surface area contributed by atoms with E-state index in [4.69, 9.17) is 9.47 Å². The molecule has 0 saturated carbocycles. The van der Waals surface area contributed by atoms with Crippen molar-refractivity contribution in [1.29, 1.82) is 0 Å². The number of hydrogen-bond donors (Lipinski definition) is 1. The van der Waals surface area contributed by atoms with E-state index in [1.165, 1.54) is 4.90 Å². The Balaban J connectivity index is 1.47. The predicted molar refractivity (Wildman–Crippen MR) is 125 cm³/mol. The molecule has 0 aliphatic carbocycles. The van der Waals surface area contributed by atoms with Gasteiger partial charge in [0.1, 0.15) is 5.56 Å². The number of rotatable bonds is 5. The zero-order valence-corrected chi connectivity index (χ0v) is 19.2. The fraction of sp³-hybridized carbons (Fsp3) is 0.440. The molecule has 3 heterocycles. The molecular weight excluding hydrogens is 436 g/mol. The lowest BCUT2D eigenvalue weighted by Gasteiger charge is -2.23. The molecule has 2 aliphatic rings. The highest BCUT2D eigenvalue weighted by Crippen LogP contribution is 2.32. The van der Waals surface area contributed by atoms with Crippen molar-refractivity contribution < 1.29 is 23.9 Å². The van der Waals surface area contributed by atoms with Crippen molar-refractivity contribution in [2.75, 3.05) is 39.3 Å². The number of nitrogens with one attached hydrogen (secondary N) is 1. The van der Waals surface area contributed by atoms with E-state index in [1.54, 1.807) is 29.3 Å². The number of nitrogens with zero attached hydrogens (tertiary/aromatic N) is 3. The Morgan fingerprint density at radius 3 is 2.62 bits per heavy atom. The second-order valence-electron chi connectivity index (χ2n) is 8.38. The van der Waals surface area contributed by atoms with Gasteiger partial charge in [0.25, 0.3) is 5.91 Å². The summed E-state index contributed by atoms with van der Waals surface area (Å²) in [6.07, 6.45) is 5.40. The molecule has 3 amide bonds. The first-order valence-corrected chi connectivity index (χ1v) is 11.8. The van der Waals surface area contributed by atoms with E-state index in [-0.39, 0.29) is 35.7 Å². The Morgan fingerprint density at radius 2 is 1.79 bits per heavy atom. The lowest BCUT2D eigenvalue weighted by molar-refractivity contribution is -0.128. The second-order valence-corrected chi connectivity index (χ2v) is 8.38. The average molecular weight is 467 g/mol. The molecule has 0 spiro atoms. The van der Waals surface area contributed by atoms with Crippen LogP contribution in [0, 0.1) is 0 Å². The molecule has 2 aromatic rings. The van der Waals surface area contributed by atoms with Gasteiger partial charge in [0, 0.05) is 38.8 Å². The zero-order valence-electron chi connectivity index (χ0n) is 19.2. The Hall–Kier alpha value is -3.62. The molecule has 1 N–H and O–H groups in total. The van der Waals surface area contributed by atoms with Gasteiger partial charge < -0.3 is 24.6 Å². The Morgan fingerprint density at radius 1 is 0.971 bits per heavy atom. The third kappa shape index (κ3) is 6.03. The normalized spacial score (nSPS) is 16.8. The standard InChI is InChI=1S/C25H30N4O5/c30-22(26-13-16-28-15-7-11-23(28)31)18-29-14-4-1-5-17-33-20-9-2-3-10-21(20)34-24-19(25(29)32)8-6-12-27-24/h2-3,6,8-10,12H,1,4-5,7,11,13-18H2,(H,26,30). The molecule has 4 rings (SSSR count). The van der Waals surface area contributed by atoms with Crippen LogP contribution in [-0.2, 0) is 9.59 Å². The molecule has 0 bridgehead atoms. The van der Waals surface area contributed by atoms with Gasteiger partial charge in [-0.1, -0.05) is 12.1 Å². The fourth-order valence-electron chi connectivity index (χ4n) is 4.08. The summed E-state index contributed by atoms with van der Waals surface area (Å²) in [4.78, 5) is 45.4. The summed E-state index contributed by atoms with van der Waals surface area (Å²) in [5.41, 5.74) is 0.284. The number of fused-ring (bicyclic) bond motifs is 2. The van der Waals surface area contributed by atoms with E-state index in [0.717, 1.165) is 32.2 Å². The molecule has 0 unspecified atom stereocenters. The van der Waals surface area contributed by atoms with Gasteiger partial charge >= 0.3 is 0 Å². The van der Waals surface area contributed by atoms with Crippen LogP contribution in [0.2, 0.25) is 0 Å². The van der Waals surface area contributed by atoms with E-state index in [9.17, 15) is 14.4 Å². The first-order chi connectivity index (χ1) is 16.6. The van der Waals surface area contributed by atoms with Crippen LogP contribution in [0.25, 0.3) is 0 Å². The first kappa shape index (κ1) is 23.5. The van der Waals surface area contributed by atoms with E-state index < -0.39 is 0 Å². The predicted octanol–water partition coefficient (Wildman–Crippen LogP) is 2.62. The first-order valence-electron chi connectivity index (χ1n) is 11.8. The number of aromatic nitrogens is 1. The maximum atomic E-state index is 13.5. The van der Waals surface area contributed by atoms with Crippen LogP contribution in [0.3, 0.4) is 0 Å². The molecular formula is C25H30N4O5. The number of hydrogen-bond acceptors (Lipinski definition) is 6. The topological polar surface area (TPSA) is 101 Å². The fourth-order valence-corrected chi connectivity index (χ4v) is 4.08. The van der Waals surface area contributed by atoms with Gasteiger partial charge in [-0.3, -0.25) is 14.4 Å². The van der Waals surface area contributed by atoms with Crippen LogP contribution < -0.4 is 14.8 Å². The Labute approximate surface area is 199 Å². The van der Waals surface area contributed by atoms with Crippen molar-refractivity contribution in [3.8, 4) is 17.4 Å². The summed E-state index contributed by atoms with van der Waals surface area (Å²) < 4.78 is 11.9. The van der Waals surface area contributed by atoms with E-state index in [1.807, 2.05) is 18.2 Å². The smallest absolute Gasteiger partial charge is 0.259 e. The van der Waals surface area contributed by atoms with Crippen molar-refractivity contribution in [3.63, 3.8) is 0 Å². The van der Waals surface area contributed by atoms with Crippen molar-refractivity contribution >= 4 is 17.7 Å². The molecule has 9 heteroatoms. The third-order valence-electron chi connectivity index (χ3n) is 5.88. The second kappa shape index (κ2) is 11.5. The minimum Gasteiger partial charge on any atom is -0.490 e. The molecule has 1 aromatic heterocycles. The monoisotopic (exact) mass is 466 g/mol. The summed E-state index contributed by atoms with van der Waals surface area (Å²) in [7, 11) is 0. The lowest BCUT2D eigenvalue weighted by atomic mass is 10.2. The van der Waals surface area contributed by atoms with Gasteiger partial charge in [-0.15, -0.1) is 0 Å². The average Bonchev–Trinajstić information content (AvgIpc) is 3.25. The summed E-state index contributed by atoms with van der Waals surface area (Å²) >= 11 is 0. The van der Waals surface area contributed by atoms with Gasteiger partial charge in [0.05, 0.1) is 13.2 Å². The van der Waals surface area contributed by atoms with Crippen LogP contribution in [0.15, 0.2) is 42.6 Å². The molecule has 9 nitrogen and oxygen atoms in total. The maximum Gasteiger partial charge on any atom is 0.259 e. The lowest BCUT2D eigenvalue weighted by Crippen LogP contribution is -2.43. The number of ether oxygens (including phenoxy) is 2. The van der Waals surface area contributed by atoms with Gasteiger partial charge in [0.15, 0.2) is 11.5 Å². The van der Waals surface area contributed by atoms with Crippen LogP contribution in [0.1, 0.15) is 42.5 Å². The molecule has 0 radical (unpaired) electrons. The summed E-state index contributed by atoms with van der Waals surface area (Å²) in [6.45, 7) is 2.46. The molecule has 180 valence electrons. The number of pyridine rings is 1. The highest BCUT2D eigenvalue weighted by atomic mass is 16.5. The molecule has 1 aromatic carbocycles. The number of carbonyl (C=O) groups excluding carboxylic acids is 3. The molecule has 2 aliphatic heterocycles. The van der Waals surface area contributed by atoms with Crippen LogP contribution in [-0.4, -0.2) is 71.8 Å². The quantitative estimate of drug-likeness (QED) is 0.727. The van der Waals surface area contributed by atoms with Crippen LogP contribution in [0.4, 0.5) is 0 Å². The summed E-state index contributed by atoms with van der Waals surface area (Å²) in [5, 5.41) is 2.84. The third-order valence-corrected chi connectivity index (χ3v) is 5.88. The zero-order chi connectivity index (χ0) is 23.8.